The number of nitrogens with zero attached hydrogens (tertiary/aromatic N) is 1. The van der Waals surface area contributed by atoms with E-state index < -0.39 is 0 Å². The van der Waals surface area contributed by atoms with Crippen molar-refractivity contribution in [2.24, 2.45) is 0 Å². The van der Waals surface area contributed by atoms with Crippen molar-refractivity contribution in [3.8, 4) is 5.75 Å². The molecule has 1 aromatic carbocycles. The minimum atomic E-state index is 0.112. The molecular weight excluding hydrogens is 262 g/mol. The van der Waals surface area contributed by atoms with Crippen molar-refractivity contribution >= 4 is 5.91 Å². The van der Waals surface area contributed by atoms with Gasteiger partial charge in [0.05, 0.1) is 0 Å². The average Bonchev–Trinajstić information content (AvgIpc) is 2.52. The molecule has 1 aliphatic heterocycles. The van der Waals surface area contributed by atoms with Gasteiger partial charge in [-0.15, -0.1) is 0 Å². The molecule has 0 radical (unpaired) electrons. The van der Waals surface area contributed by atoms with Gasteiger partial charge in [-0.2, -0.15) is 0 Å². The van der Waals surface area contributed by atoms with Gasteiger partial charge in [0, 0.05) is 12.6 Å². The number of carbonyl (C=O) groups is 1. The third-order valence-corrected chi connectivity index (χ3v) is 4.54. The van der Waals surface area contributed by atoms with Crippen molar-refractivity contribution in [3.05, 3.63) is 29.8 Å². The first-order valence-corrected chi connectivity index (χ1v) is 8.14. The number of hydrogen-bond donors (Lipinski definition) is 0. The maximum absolute atomic E-state index is 12.3. The molecule has 0 aromatic heterocycles. The minimum Gasteiger partial charge on any atom is -0.483 e. The third-order valence-electron chi connectivity index (χ3n) is 4.54. The Labute approximate surface area is 128 Å². The van der Waals surface area contributed by atoms with Crippen LogP contribution in [0.25, 0.3) is 0 Å². The van der Waals surface area contributed by atoms with Gasteiger partial charge >= 0.3 is 0 Å². The highest BCUT2D eigenvalue weighted by Gasteiger charge is 2.23. The number of amides is 1. The van der Waals surface area contributed by atoms with Gasteiger partial charge in [0.15, 0.2) is 6.61 Å². The highest BCUT2D eigenvalue weighted by atomic mass is 16.5. The summed E-state index contributed by atoms with van der Waals surface area (Å²) in [5.41, 5.74) is 1.19. The number of carbonyl (C=O) groups excluding carboxylic acids is 1. The predicted molar refractivity (Wildman–Crippen MR) is 85.7 cm³/mol. The maximum atomic E-state index is 12.3. The second-order valence-electron chi connectivity index (χ2n) is 6.07. The number of ether oxygens (including phenoxy) is 1. The molecular formula is C18H27NO2. The van der Waals surface area contributed by atoms with E-state index in [1.54, 1.807) is 0 Å². The van der Waals surface area contributed by atoms with Crippen LogP contribution in [0.15, 0.2) is 24.3 Å². The van der Waals surface area contributed by atoms with E-state index in [9.17, 15) is 4.79 Å². The summed E-state index contributed by atoms with van der Waals surface area (Å²) in [6.07, 6.45) is 4.51. The lowest BCUT2D eigenvalue weighted by Gasteiger charge is -2.33. The Morgan fingerprint density at radius 2 is 2.14 bits per heavy atom. The zero-order valence-corrected chi connectivity index (χ0v) is 13.5. The largest absolute Gasteiger partial charge is 0.483 e. The fraction of sp³-hybridized carbons (Fsp3) is 0.611. The lowest BCUT2D eigenvalue weighted by Crippen LogP contribution is -2.44. The summed E-state index contributed by atoms with van der Waals surface area (Å²) in [6.45, 7) is 7.51. The van der Waals surface area contributed by atoms with Crippen molar-refractivity contribution < 1.29 is 9.53 Å². The molecule has 0 saturated carbocycles. The Hall–Kier alpha value is -1.51. The molecule has 0 spiro atoms. The van der Waals surface area contributed by atoms with E-state index in [-0.39, 0.29) is 12.5 Å². The molecule has 1 heterocycles. The van der Waals surface area contributed by atoms with Gasteiger partial charge < -0.3 is 9.64 Å². The molecule has 1 saturated heterocycles. The third kappa shape index (κ3) is 3.99. The van der Waals surface area contributed by atoms with Crippen molar-refractivity contribution in [1.29, 1.82) is 0 Å². The first-order chi connectivity index (χ1) is 10.1. The van der Waals surface area contributed by atoms with E-state index in [1.807, 2.05) is 23.1 Å². The van der Waals surface area contributed by atoms with E-state index in [0.717, 1.165) is 31.6 Å². The van der Waals surface area contributed by atoms with Crippen LogP contribution in [0.5, 0.6) is 5.75 Å². The summed E-state index contributed by atoms with van der Waals surface area (Å²) in [7, 11) is 0. The van der Waals surface area contributed by atoms with Gasteiger partial charge in [-0.1, -0.05) is 32.0 Å². The number of rotatable bonds is 5. The van der Waals surface area contributed by atoms with Crippen LogP contribution in [0.2, 0.25) is 0 Å². The topological polar surface area (TPSA) is 29.5 Å². The minimum absolute atomic E-state index is 0.112. The Kier molecular flexibility index (Phi) is 5.66. The highest BCUT2D eigenvalue weighted by molar-refractivity contribution is 5.78. The quantitative estimate of drug-likeness (QED) is 0.820. The molecule has 3 heteroatoms. The van der Waals surface area contributed by atoms with Crippen molar-refractivity contribution in [3.63, 3.8) is 0 Å². The first kappa shape index (κ1) is 15.9. The fourth-order valence-corrected chi connectivity index (χ4v) is 2.93. The monoisotopic (exact) mass is 289 g/mol. The molecule has 1 aromatic rings. The molecule has 0 aliphatic carbocycles. The van der Waals surface area contributed by atoms with Crippen LogP contribution in [0.3, 0.4) is 0 Å². The summed E-state index contributed by atoms with van der Waals surface area (Å²) in [4.78, 5) is 14.3. The summed E-state index contributed by atoms with van der Waals surface area (Å²) in [5.74, 6) is 1.41. The van der Waals surface area contributed by atoms with Crippen molar-refractivity contribution in [1.82, 2.24) is 4.90 Å². The van der Waals surface area contributed by atoms with E-state index in [4.69, 9.17) is 4.74 Å². The van der Waals surface area contributed by atoms with E-state index >= 15 is 0 Å². The highest BCUT2D eigenvalue weighted by Crippen LogP contribution is 2.28. The number of benzene rings is 1. The fourth-order valence-electron chi connectivity index (χ4n) is 2.93. The van der Waals surface area contributed by atoms with Gasteiger partial charge in [0.25, 0.3) is 5.91 Å². The van der Waals surface area contributed by atoms with Crippen LogP contribution in [0.4, 0.5) is 0 Å². The van der Waals surface area contributed by atoms with Crippen molar-refractivity contribution in [2.45, 2.75) is 58.4 Å². The lowest BCUT2D eigenvalue weighted by atomic mass is 9.98. The lowest BCUT2D eigenvalue weighted by molar-refractivity contribution is -0.136. The predicted octanol–water partition coefficient (Wildman–Crippen LogP) is 3.98. The Bertz CT molecular complexity index is 472. The number of hydrogen-bond acceptors (Lipinski definition) is 2. The summed E-state index contributed by atoms with van der Waals surface area (Å²) >= 11 is 0. The van der Waals surface area contributed by atoms with E-state index in [0.29, 0.717) is 12.0 Å². The van der Waals surface area contributed by atoms with Crippen LogP contribution >= 0.6 is 0 Å². The van der Waals surface area contributed by atoms with Crippen LogP contribution in [-0.4, -0.2) is 30.0 Å². The Morgan fingerprint density at radius 3 is 2.86 bits per heavy atom. The molecule has 2 unspecified atom stereocenters. The molecule has 1 fully saturated rings. The number of likely N-dealkylation sites (tertiary alicyclic amines) is 1. The standard InChI is InChI=1S/C18H27NO2/c1-4-14(2)16-10-5-6-11-17(16)21-13-18(20)19-12-8-7-9-15(19)3/h5-6,10-11,14-15H,4,7-9,12-13H2,1-3H3. The van der Waals surface area contributed by atoms with Crippen molar-refractivity contribution in [2.75, 3.05) is 13.2 Å². The molecule has 0 N–H and O–H groups in total. The average molecular weight is 289 g/mol. The molecule has 2 atom stereocenters. The second-order valence-corrected chi connectivity index (χ2v) is 6.07. The van der Waals surface area contributed by atoms with E-state index in [2.05, 4.69) is 26.8 Å². The smallest absolute Gasteiger partial charge is 0.260 e. The molecule has 1 aliphatic rings. The summed E-state index contributed by atoms with van der Waals surface area (Å²) < 4.78 is 5.83. The normalized spacial score (nSPS) is 20.1. The number of piperidine rings is 1. The summed E-state index contributed by atoms with van der Waals surface area (Å²) in [6, 6.07) is 8.41. The first-order valence-electron chi connectivity index (χ1n) is 8.14. The number of para-hydroxylation sites is 1. The van der Waals surface area contributed by atoms with Crippen LogP contribution in [0.1, 0.15) is 57.9 Å². The van der Waals surface area contributed by atoms with Crippen LogP contribution < -0.4 is 4.74 Å². The van der Waals surface area contributed by atoms with Gasteiger partial charge in [-0.05, 0) is 50.2 Å². The molecule has 2 rings (SSSR count). The zero-order chi connectivity index (χ0) is 15.2. The van der Waals surface area contributed by atoms with Gasteiger partial charge in [0.2, 0.25) is 0 Å². The van der Waals surface area contributed by atoms with Crippen LogP contribution in [0, 0.1) is 0 Å². The summed E-state index contributed by atoms with van der Waals surface area (Å²) in [5, 5.41) is 0. The second kappa shape index (κ2) is 7.48. The molecule has 21 heavy (non-hydrogen) atoms. The SMILES string of the molecule is CCC(C)c1ccccc1OCC(=O)N1CCCCC1C. The Balaban J connectivity index is 1.98. The van der Waals surface area contributed by atoms with Gasteiger partial charge in [-0.25, -0.2) is 0 Å². The van der Waals surface area contributed by atoms with E-state index in [1.165, 1.54) is 12.0 Å². The zero-order valence-electron chi connectivity index (χ0n) is 13.5. The molecule has 1 amide bonds. The van der Waals surface area contributed by atoms with Gasteiger partial charge in [0.1, 0.15) is 5.75 Å². The molecule has 3 nitrogen and oxygen atoms in total. The van der Waals surface area contributed by atoms with Crippen LogP contribution in [-0.2, 0) is 4.79 Å². The Morgan fingerprint density at radius 1 is 1.38 bits per heavy atom. The maximum Gasteiger partial charge on any atom is 0.260 e. The molecule has 0 bridgehead atoms. The van der Waals surface area contributed by atoms with Gasteiger partial charge in [-0.3, -0.25) is 4.79 Å². The molecule has 116 valence electrons.